The lowest BCUT2D eigenvalue weighted by Gasteiger charge is -2.19. The third-order valence-electron chi connectivity index (χ3n) is 4.56. The number of amides is 3. The van der Waals surface area contributed by atoms with Crippen LogP contribution in [-0.4, -0.2) is 49.4 Å². The number of halogens is 1. The standard InChI is InChI=1S/C20H19FN2O5/c1-12-19(25)22(20(26)23(12)14-6-4-13(21)5-7-14)11-17(24)16-9-8-15(27-2)10-18(16)28-3/h4-10,12H,11H2,1-3H3/t12-/m0/s1. The number of nitrogens with zero attached hydrogens (tertiary/aromatic N) is 2. The molecule has 0 aliphatic carbocycles. The Kier molecular flexibility index (Phi) is 5.30. The predicted molar refractivity (Wildman–Crippen MR) is 99.3 cm³/mol. The predicted octanol–water partition coefficient (Wildman–Crippen LogP) is 2.88. The van der Waals surface area contributed by atoms with Crippen LogP contribution in [0.1, 0.15) is 17.3 Å². The number of ketones is 1. The summed E-state index contributed by atoms with van der Waals surface area (Å²) in [7, 11) is 2.90. The maximum absolute atomic E-state index is 13.2. The third-order valence-corrected chi connectivity index (χ3v) is 4.56. The van der Waals surface area contributed by atoms with E-state index in [9.17, 15) is 18.8 Å². The summed E-state index contributed by atoms with van der Waals surface area (Å²) < 4.78 is 23.5. The molecule has 28 heavy (non-hydrogen) atoms. The zero-order valence-electron chi connectivity index (χ0n) is 15.6. The summed E-state index contributed by atoms with van der Waals surface area (Å²) in [6.45, 7) is 1.13. The Morgan fingerprint density at radius 1 is 1.07 bits per heavy atom. The number of Topliss-reactive ketones (excluding diaryl/α,β-unsaturated/α-hetero) is 1. The average molecular weight is 386 g/mol. The van der Waals surface area contributed by atoms with Crippen molar-refractivity contribution >= 4 is 23.4 Å². The molecule has 1 atom stereocenters. The number of urea groups is 1. The van der Waals surface area contributed by atoms with Crippen LogP contribution in [0.15, 0.2) is 42.5 Å². The summed E-state index contributed by atoms with van der Waals surface area (Å²) in [6, 6.07) is 8.46. The number of hydrogen-bond donors (Lipinski definition) is 0. The summed E-state index contributed by atoms with van der Waals surface area (Å²) in [6.07, 6.45) is 0. The monoisotopic (exact) mass is 386 g/mol. The van der Waals surface area contributed by atoms with Crippen molar-refractivity contribution in [2.45, 2.75) is 13.0 Å². The molecule has 1 aliphatic rings. The first-order valence-electron chi connectivity index (χ1n) is 8.52. The van der Waals surface area contributed by atoms with Crippen molar-refractivity contribution in [2.24, 2.45) is 0 Å². The van der Waals surface area contributed by atoms with E-state index in [0.717, 1.165) is 4.90 Å². The highest BCUT2D eigenvalue weighted by Gasteiger charge is 2.44. The molecule has 2 aromatic rings. The second kappa shape index (κ2) is 7.67. The number of methoxy groups -OCH3 is 2. The van der Waals surface area contributed by atoms with Crippen LogP contribution in [-0.2, 0) is 4.79 Å². The normalized spacial score (nSPS) is 16.5. The minimum absolute atomic E-state index is 0.233. The average Bonchev–Trinajstić information content (AvgIpc) is 2.91. The van der Waals surface area contributed by atoms with E-state index in [2.05, 4.69) is 0 Å². The Morgan fingerprint density at radius 2 is 1.75 bits per heavy atom. The first-order chi connectivity index (χ1) is 13.4. The van der Waals surface area contributed by atoms with E-state index in [1.54, 1.807) is 19.1 Å². The molecule has 1 aliphatic heterocycles. The van der Waals surface area contributed by atoms with Gasteiger partial charge in [0.2, 0.25) is 0 Å². The third kappa shape index (κ3) is 3.40. The molecular weight excluding hydrogens is 367 g/mol. The van der Waals surface area contributed by atoms with Crippen molar-refractivity contribution in [1.82, 2.24) is 4.90 Å². The van der Waals surface area contributed by atoms with E-state index in [4.69, 9.17) is 9.47 Å². The number of ether oxygens (including phenoxy) is 2. The second-order valence-corrected chi connectivity index (χ2v) is 6.22. The minimum Gasteiger partial charge on any atom is -0.497 e. The fourth-order valence-corrected chi connectivity index (χ4v) is 3.06. The quantitative estimate of drug-likeness (QED) is 0.564. The van der Waals surface area contributed by atoms with Gasteiger partial charge >= 0.3 is 6.03 Å². The SMILES string of the molecule is COc1ccc(C(=O)CN2C(=O)[C@H](C)N(c3ccc(F)cc3)C2=O)c(OC)c1. The van der Waals surface area contributed by atoms with E-state index in [-0.39, 0.29) is 11.3 Å². The lowest BCUT2D eigenvalue weighted by Crippen LogP contribution is -2.37. The summed E-state index contributed by atoms with van der Waals surface area (Å²) >= 11 is 0. The molecule has 1 fully saturated rings. The van der Waals surface area contributed by atoms with Gasteiger partial charge in [0, 0.05) is 11.8 Å². The van der Waals surface area contributed by atoms with Gasteiger partial charge in [-0.3, -0.25) is 19.4 Å². The molecule has 7 nitrogen and oxygen atoms in total. The van der Waals surface area contributed by atoms with Crippen LogP contribution in [0.3, 0.4) is 0 Å². The number of carbonyl (C=O) groups excluding carboxylic acids is 3. The highest BCUT2D eigenvalue weighted by atomic mass is 19.1. The van der Waals surface area contributed by atoms with Gasteiger partial charge in [0.1, 0.15) is 23.4 Å². The van der Waals surface area contributed by atoms with Gasteiger partial charge in [0.15, 0.2) is 5.78 Å². The molecule has 146 valence electrons. The second-order valence-electron chi connectivity index (χ2n) is 6.22. The van der Waals surface area contributed by atoms with Crippen molar-refractivity contribution in [3.05, 3.63) is 53.8 Å². The van der Waals surface area contributed by atoms with E-state index >= 15 is 0 Å². The summed E-state index contributed by atoms with van der Waals surface area (Å²) in [4.78, 5) is 40.2. The van der Waals surface area contributed by atoms with E-state index in [1.807, 2.05) is 0 Å². The van der Waals surface area contributed by atoms with Crippen molar-refractivity contribution in [3.8, 4) is 11.5 Å². The molecule has 8 heteroatoms. The van der Waals surface area contributed by atoms with Gasteiger partial charge in [-0.15, -0.1) is 0 Å². The van der Waals surface area contributed by atoms with Crippen LogP contribution in [0, 0.1) is 5.82 Å². The van der Waals surface area contributed by atoms with Gasteiger partial charge in [-0.25, -0.2) is 9.18 Å². The van der Waals surface area contributed by atoms with Gasteiger partial charge in [-0.05, 0) is 43.3 Å². The summed E-state index contributed by atoms with van der Waals surface area (Å²) in [5, 5.41) is 0. The van der Waals surface area contributed by atoms with E-state index in [0.29, 0.717) is 11.4 Å². The molecule has 0 radical (unpaired) electrons. The molecule has 0 spiro atoms. The number of anilines is 1. The van der Waals surface area contributed by atoms with E-state index in [1.165, 1.54) is 49.5 Å². The zero-order chi connectivity index (χ0) is 20.4. The van der Waals surface area contributed by atoms with Crippen molar-refractivity contribution in [2.75, 3.05) is 25.7 Å². The highest BCUT2D eigenvalue weighted by Crippen LogP contribution is 2.28. The lowest BCUT2D eigenvalue weighted by atomic mass is 10.1. The van der Waals surface area contributed by atoms with Gasteiger partial charge in [-0.1, -0.05) is 0 Å². The first-order valence-corrected chi connectivity index (χ1v) is 8.52. The molecule has 0 unspecified atom stereocenters. The van der Waals surface area contributed by atoms with Gasteiger partial charge in [0.25, 0.3) is 5.91 Å². The Balaban J connectivity index is 1.84. The van der Waals surface area contributed by atoms with E-state index < -0.39 is 36.1 Å². The van der Waals surface area contributed by atoms with Crippen molar-refractivity contribution in [3.63, 3.8) is 0 Å². The van der Waals surface area contributed by atoms with Gasteiger partial charge < -0.3 is 9.47 Å². The Labute approximate surface area is 161 Å². The Hall–Kier alpha value is -3.42. The number of rotatable bonds is 6. The molecule has 0 saturated carbocycles. The molecule has 2 aromatic carbocycles. The number of carbonyl (C=O) groups is 3. The Bertz CT molecular complexity index is 929. The fourth-order valence-electron chi connectivity index (χ4n) is 3.06. The molecule has 0 N–H and O–H groups in total. The smallest absolute Gasteiger partial charge is 0.332 e. The molecule has 0 aromatic heterocycles. The number of benzene rings is 2. The molecular formula is C20H19FN2O5. The summed E-state index contributed by atoms with van der Waals surface area (Å²) in [5.41, 5.74) is 0.612. The molecule has 1 saturated heterocycles. The summed E-state index contributed by atoms with van der Waals surface area (Å²) in [5.74, 6) is -0.609. The van der Waals surface area contributed by atoms with Crippen LogP contribution in [0.5, 0.6) is 11.5 Å². The molecule has 1 heterocycles. The van der Waals surface area contributed by atoms with Crippen LogP contribution in [0.4, 0.5) is 14.9 Å². The highest BCUT2D eigenvalue weighted by molar-refractivity contribution is 6.16. The van der Waals surface area contributed by atoms with Crippen LogP contribution >= 0.6 is 0 Å². The van der Waals surface area contributed by atoms with Crippen molar-refractivity contribution in [1.29, 1.82) is 0 Å². The van der Waals surface area contributed by atoms with Crippen molar-refractivity contribution < 1.29 is 28.2 Å². The number of imide groups is 1. The minimum atomic E-state index is -0.802. The lowest BCUT2D eigenvalue weighted by molar-refractivity contribution is -0.126. The number of hydrogen-bond acceptors (Lipinski definition) is 5. The van der Waals surface area contributed by atoms with Crippen LogP contribution < -0.4 is 14.4 Å². The van der Waals surface area contributed by atoms with Gasteiger partial charge in [0.05, 0.1) is 26.3 Å². The first kappa shape index (κ1) is 19.3. The Morgan fingerprint density at radius 3 is 2.36 bits per heavy atom. The molecule has 0 bridgehead atoms. The largest absolute Gasteiger partial charge is 0.497 e. The van der Waals surface area contributed by atoms with Crippen LogP contribution in [0.2, 0.25) is 0 Å². The van der Waals surface area contributed by atoms with Gasteiger partial charge in [-0.2, -0.15) is 0 Å². The maximum atomic E-state index is 13.2. The maximum Gasteiger partial charge on any atom is 0.332 e. The zero-order valence-corrected chi connectivity index (χ0v) is 15.6. The molecule has 3 rings (SSSR count). The fraction of sp³-hybridized carbons (Fsp3) is 0.250. The van der Waals surface area contributed by atoms with Crippen LogP contribution in [0.25, 0.3) is 0 Å². The topological polar surface area (TPSA) is 76.2 Å². The molecule has 3 amide bonds.